The molecule has 1 aliphatic heterocycles. The van der Waals surface area contributed by atoms with Crippen LogP contribution in [0.3, 0.4) is 0 Å². The monoisotopic (exact) mass is 493 g/mol. The summed E-state index contributed by atoms with van der Waals surface area (Å²) in [7, 11) is 3.11. The molecule has 0 unspecified atom stereocenters. The summed E-state index contributed by atoms with van der Waals surface area (Å²) in [5, 5.41) is 0. The van der Waals surface area contributed by atoms with E-state index in [0.29, 0.717) is 39.8 Å². The molecular formula is C30H23NO6. The van der Waals surface area contributed by atoms with Gasteiger partial charge < -0.3 is 18.9 Å². The number of nitrogens with zero attached hydrogens (tertiary/aromatic N) is 1. The fourth-order valence-corrected chi connectivity index (χ4v) is 3.98. The topological polar surface area (TPSA) is 74.3 Å². The van der Waals surface area contributed by atoms with Crippen molar-refractivity contribution in [2.75, 3.05) is 19.1 Å². The number of anilines is 2. The van der Waals surface area contributed by atoms with E-state index >= 15 is 0 Å². The van der Waals surface area contributed by atoms with E-state index in [1.807, 2.05) is 60.7 Å². The number of hydrogen-bond acceptors (Lipinski definition) is 6. The molecular weight excluding hydrogens is 470 g/mol. The molecule has 184 valence electrons. The number of hydrogen-bond donors (Lipinski definition) is 0. The number of amides is 1. The highest BCUT2D eigenvalue weighted by Gasteiger charge is 2.29. The van der Waals surface area contributed by atoms with E-state index in [4.69, 9.17) is 18.9 Å². The van der Waals surface area contributed by atoms with E-state index in [1.54, 1.807) is 50.6 Å². The number of para-hydroxylation sites is 2. The number of ether oxygens (including phenoxy) is 4. The highest BCUT2D eigenvalue weighted by atomic mass is 16.6. The van der Waals surface area contributed by atoms with Crippen LogP contribution in [0.2, 0.25) is 0 Å². The largest absolute Gasteiger partial charge is 0.497 e. The number of Topliss-reactive ketones (excluding diaryl/α,β-unsaturated/α-hetero) is 1. The van der Waals surface area contributed by atoms with E-state index < -0.39 is 6.09 Å². The molecule has 7 nitrogen and oxygen atoms in total. The van der Waals surface area contributed by atoms with Crippen LogP contribution in [-0.4, -0.2) is 26.1 Å². The number of methoxy groups -OCH3 is 2. The maximum atomic E-state index is 13.3. The Morgan fingerprint density at radius 3 is 2.05 bits per heavy atom. The molecule has 0 atom stereocenters. The lowest BCUT2D eigenvalue weighted by molar-refractivity contribution is 0.101. The van der Waals surface area contributed by atoms with Crippen LogP contribution in [0.15, 0.2) is 103 Å². The van der Waals surface area contributed by atoms with Gasteiger partial charge in [0.15, 0.2) is 5.76 Å². The fourth-order valence-electron chi connectivity index (χ4n) is 3.98. The molecule has 0 fully saturated rings. The van der Waals surface area contributed by atoms with E-state index in [1.165, 1.54) is 11.0 Å². The van der Waals surface area contributed by atoms with Gasteiger partial charge in [0.25, 0.3) is 0 Å². The van der Waals surface area contributed by atoms with Crippen LogP contribution in [0.1, 0.15) is 15.9 Å². The van der Waals surface area contributed by atoms with Gasteiger partial charge in [-0.25, -0.2) is 9.69 Å². The summed E-state index contributed by atoms with van der Waals surface area (Å²) >= 11 is 0. The van der Waals surface area contributed by atoms with E-state index in [0.717, 1.165) is 0 Å². The van der Waals surface area contributed by atoms with Gasteiger partial charge in [0.1, 0.15) is 23.0 Å². The van der Waals surface area contributed by atoms with Crippen molar-refractivity contribution in [3.63, 3.8) is 0 Å². The molecule has 37 heavy (non-hydrogen) atoms. The Balaban J connectivity index is 1.41. The Kier molecular flexibility index (Phi) is 6.59. The Hall–Kier alpha value is -5.04. The van der Waals surface area contributed by atoms with Crippen molar-refractivity contribution in [1.29, 1.82) is 0 Å². The number of carbonyl (C=O) groups excluding carboxylic acids is 2. The maximum Gasteiger partial charge on any atom is 0.424 e. The van der Waals surface area contributed by atoms with Crippen molar-refractivity contribution in [1.82, 2.24) is 0 Å². The van der Waals surface area contributed by atoms with Crippen LogP contribution in [-0.2, 0) is 0 Å². The standard InChI is InChI=1S/C30H23NO6/c1-34-23-14-16-26(35-2)20(17-23)18-28-29(32)25-15-13-24(19-27(25)37-28)36-30(33)31(21-9-5-3-6-10-21)22-11-7-4-8-12-22/h3-19H,1-2H3/b28-18-. The van der Waals surface area contributed by atoms with Crippen molar-refractivity contribution in [2.45, 2.75) is 0 Å². The Labute approximate surface area is 214 Å². The summed E-state index contributed by atoms with van der Waals surface area (Å²) in [5.41, 5.74) is 2.31. The van der Waals surface area contributed by atoms with Gasteiger partial charge in [0.05, 0.1) is 31.2 Å². The summed E-state index contributed by atoms with van der Waals surface area (Å²) in [6.07, 6.45) is 1.00. The molecule has 0 aromatic heterocycles. The van der Waals surface area contributed by atoms with Crippen LogP contribution in [0.5, 0.6) is 23.0 Å². The minimum absolute atomic E-state index is 0.125. The SMILES string of the molecule is COc1ccc(OC)c(/C=C2\Oc3cc(OC(=O)N(c4ccccc4)c4ccccc4)ccc3C2=O)c1. The predicted octanol–water partition coefficient (Wildman–Crippen LogP) is 6.66. The molecule has 4 aromatic rings. The fraction of sp³-hybridized carbons (Fsp3) is 0.0667. The lowest BCUT2D eigenvalue weighted by atomic mass is 10.1. The average Bonchev–Trinajstić information content (AvgIpc) is 3.24. The zero-order chi connectivity index (χ0) is 25.8. The van der Waals surface area contributed by atoms with Gasteiger partial charge in [-0.2, -0.15) is 0 Å². The molecule has 0 saturated carbocycles. The second kappa shape index (κ2) is 10.3. The quantitative estimate of drug-likeness (QED) is 0.280. The summed E-state index contributed by atoms with van der Waals surface area (Å²) < 4.78 is 22.2. The Morgan fingerprint density at radius 2 is 1.43 bits per heavy atom. The number of rotatable bonds is 6. The van der Waals surface area contributed by atoms with E-state index in [-0.39, 0.29) is 17.3 Å². The molecule has 0 radical (unpaired) electrons. The first-order valence-corrected chi connectivity index (χ1v) is 11.5. The average molecular weight is 494 g/mol. The molecule has 0 N–H and O–H groups in total. The molecule has 0 saturated heterocycles. The molecule has 1 amide bonds. The predicted molar refractivity (Wildman–Crippen MR) is 140 cm³/mol. The number of fused-ring (bicyclic) bond motifs is 1. The summed E-state index contributed by atoms with van der Waals surface area (Å²) in [4.78, 5) is 27.7. The summed E-state index contributed by atoms with van der Waals surface area (Å²) in [6, 6.07) is 28.4. The molecule has 0 spiro atoms. The second-order valence-corrected chi connectivity index (χ2v) is 8.08. The molecule has 5 rings (SSSR count). The van der Waals surface area contributed by atoms with Crippen molar-refractivity contribution in [2.24, 2.45) is 0 Å². The van der Waals surface area contributed by atoms with Gasteiger partial charge in [-0.3, -0.25) is 4.79 Å². The maximum absolute atomic E-state index is 13.3. The normalized spacial score (nSPS) is 13.0. The van der Waals surface area contributed by atoms with Gasteiger partial charge in [0, 0.05) is 11.6 Å². The van der Waals surface area contributed by atoms with E-state index in [2.05, 4.69) is 0 Å². The van der Waals surface area contributed by atoms with Crippen LogP contribution in [0.4, 0.5) is 16.2 Å². The number of carbonyl (C=O) groups is 2. The lowest BCUT2D eigenvalue weighted by Gasteiger charge is -2.22. The Morgan fingerprint density at radius 1 is 0.784 bits per heavy atom. The summed E-state index contributed by atoms with van der Waals surface area (Å²) in [6.45, 7) is 0. The molecule has 0 bridgehead atoms. The van der Waals surface area contributed by atoms with Crippen molar-refractivity contribution >= 4 is 29.3 Å². The summed E-state index contributed by atoms with van der Waals surface area (Å²) in [5.74, 6) is 1.57. The molecule has 1 aliphatic rings. The zero-order valence-electron chi connectivity index (χ0n) is 20.2. The molecule has 4 aromatic carbocycles. The van der Waals surface area contributed by atoms with Crippen molar-refractivity contribution in [3.8, 4) is 23.0 Å². The first-order valence-electron chi connectivity index (χ1n) is 11.5. The van der Waals surface area contributed by atoms with Crippen molar-refractivity contribution in [3.05, 3.63) is 114 Å². The number of allylic oxidation sites excluding steroid dienone is 1. The van der Waals surface area contributed by atoms with Crippen LogP contribution >= 0.6 is 0 Å². The second-order valence-electron chi connectivity index (χ2n) is 8.08. The molecule has 1 heterocycles. The van der Waals surface area contributed by atoms with Gasteiger partial charge in [0.2, 0.25) is 5.78 Å². The lowest BCUT2D eigenvalue weighted by Crippen LogP contribution is -2.29. The first-order chi connectivity index (χ1) is 18.1. The third-order valence-corrected chi connectivity index (χ3v) is 5.78. The number of ketones is 1. The van der Waals surface area contributed by atoms with Crippen LogP contribution in [0.25, 0.3) is 6.08 Å². The minimum Gasteiger partial charge on any atom is -0.497 e. The number of benzene rings is 4. The highest BCUT2D eigenvalue weighted by molar-refractivity contribution is 6.14. The molecule has 0 aliphatic carbocycles. The Bertz CT molecular complexity index is 1440. The van der Waals surface area contributed by atoms with E-state index in [9.17, 15) is 9.59 Å². The van der Waals surface area contributed by atoms with Gasteiger partial charge in [-0.05, 0) is 60.7 Å². The van der Waals surface area contributed by atoms with Gasteiger partial charge >= 0.3 is 6.09 Å². The third kappa shape index (κ3) is 4.88. The minimum atomic E-state index is -0.599. The highest BCUT2D eigenvalue weighted by Crippen LogP contribution is 2.37. The zero-order valence-corrected chi connectivity index (χ0v) is 20.2. The molecule has 7 heteroatoms. The smallest absolute Gasteiger partial charge is 0.424 e. The van der Waals surface area contributed by atoms with Crippen molar-refractivity contribution < 1.29 is 28.5 Å². The van der Waals surface area contributed by atoms with Crippen LogP contribution < -0.4 is 23.8 Å². The van der Waals surface area contributed by atoms with Gasteiger partial charge in [-0.15, -0.1) is 0 Å². The van der Waals surface area contributed by atoms with Gasteiger partial charge in [-0.1, -0.05) is 36.4 Å². The third-order valence-electron chi connectivity index (χ3n) is 5.78. The van der Waals surface area contributed by atoms with Crippen LogP contribution in [0, 0.1) is 0 Å². The first kappa shape index (κ1) is 23.7.